The number of nitrogens with one attached hydrogen (secondary N) is 1. The summed E-state index contributed by atoms with van der Waals surface area (Å²) in [4.78, 5) is 26.9. The van der Waals surface area contributed by atoms with Crippen molar-refractivity contribution in [1.29, 1.82) is 0 Å². The van der Waals surface area contributed by atoms with Crippen molar-refractivity contribution in [2.24, 2.45) is 0 Å². The summed E-state index contributed by atoms with van der Waals surface area (Å²) in [6.45, 7) is 3.21. The Hall–Kier alpha value is -3.48. The fourth-order valence-corrected chi connectivity index (χ4v) is 3.19. The second-order valence-electron chi connectivity index (χ2n) is 6.81. The molecule has 2 heterocycles. The second kappa shape index (κ2) is 7.26. The van der Waals surface area contributed by atoms with E-state index in [9.17, 15) is 14.0 Å². The van der Waals surface area contributed by atoms with Crippen LogP contribution in [0.3, 0.4) is 0 Å². The predicted molar refractivity (Wildman–Crippen MR) is 102 cm³/mol. The van der Waals surface area contributed by atoms with E-state index in [2.05, 4.69) is 10.4 Å². The number of fused-ring (bicyclic) bond motifs is 1. The van der Waals surface area contributed by atoms with E-state index in [0.717, 1.165) is 11.1 Å². The number of benzene rings is 2. The van der Waals surface area contributed by atoms with Crippen LogP contribution in [0.5, 0.6) is 0 Å². The zero-order valence-corrected chi connectivity index (χ0v) is 15.4. The van der Waals surface area contributed by atoms with Crippen LogP contribution in [0.15, 0.2) is 54.6 Å². The van der Waals surface area contributed by atoms with Crippen LogP contribution < -0.4 is 5.32 Å². The minimum atomic E-state index is -0.366. The highest BCUT2D eigenvalue weighted by atomic mass is 19.1. The molecular weight excluding hydrogens is 359 g/mol. The monoisotopic (exact) mass is 378 g/mol. The van der Waals surface area contributed by atoms with Crippen molar-refractivity contribution in [3.63, 3.8) is 0 Å². The van der Waals surface area contributed by atoms with Gasteiger partial charge in [0.25, 0.3) is 11.8 Å². The fraction of sp³-hybridized carbons (Fsp3) is 0.190. The van der Waals surface area contributed by atoms with E-state index in [-0.39, 0.29) is 23.3 Å². The first-order chi connectivity index (χ1) is 13.5. The molecule has 0 saturated heterocycles. The lowest BCUT2D eigenvalue weighted by atomic mass is 10.2. The molecule has 0 bridgehead atoms. The van der Waals surface area contributed by atoms with Crippen molar-refractivity contribution >= 4 is 17.5 Å². The van der Waals surface area contributed by atoms with E-state index in [4.69, 9.17) is 0 Å². The van der Waals surface area contributed by atoms with Crippen LogP contribution >= 0.6 is 0 Å². The number of hydrogen-bond acceptors (Lipinski definition) is 3. The van der Waals surface area contributed by atoms with Gasteiger partial charge in [-0.25, -0.2) is 4.39 Å². The van der Waals surface area contributed by atoms with Crippen LogP contribution in [-0.4, -0.2) is 33.0 Å². The lowest BCUT2D eigenvalue weighted by Gasteiger charge is -2.27. The van der Waals surface area contributed by atoms with Gasteiger partial charge in [-0.05, 0) is 36.8 Å². The van der Waals surface area contributed by atoms with Crippen LogP contribution in [0.4, 0.5) is 10.1 Å². The van der Waals surface area contributed by atoms with Crippen molar-refractivity contribution in [3.05, 3.63) is 82.9 Å². The summed E-state index contributed by atoms with van der Waals surface area (Å²) in [6.07, 6.45) is 0. The molecule has 0 fully saturated rings. The maximum atomic E-state index is 13.4. The number of amides is 2. The molecule has 0 spiro atoms. The van der Waals surface area contributed by atoms with Crippen LogP contribution in [0.2, 0.25) is 0 Å². The Morgan fingerprint density at radius 2 is 1.93 bits per heavy atom. The fourth-order valence-electron chi connectivity index (χ4n) is 3.19. The number of aryl methyl sites for hydroxylation is 1. The van der Waals surface area contributed by atoms with Crippen LogP contribution in [0.1, 0.15) is 32.1 Å². The third kappa shape index (κ3) is 3.64. The summed E-state index contributed by atoms with van der Waals surface area (Å²) in [5.74, 6) is -0.922. The molecule has 0 atom stereocenters. The van der Waals surface area contributed by atoms with Gasteiger partial charge in [-0.1, -0.05) is 29.8 Å². The van der Waals surface area contributed by atoms with E-state index in [0.29, 0.717) is 31.0 Å². The predicted octanol–water partition coefficient (Wildman–Crippen LogP) is 3.24. The van der Waals surface area contributed by atoms with Gasteiger partial charge in [-0.15, -0.1) is 0 Å². The van der Waals surface area contributed by atoms with Crippen molar-refractivity contribution < 1.29 is 14.0 Å². The van der Waals surface area contributed by atoms with Gasteiger partial charge in [0.1, 0.15) is 11.5 Å². The Morgan fingerprint density at radius 1 is 1.14 bits per heavy atom. The highest BCUT2D eigenvalue weighted by molar-refractivity contribution is 6.04. The smallest absolute Gasteiger partial charge is 0.276 e. The number of rotatable bonds is 4. The van der Waals surface area contributed by atoms with Gasteiger partial charge in [0, 0.05) is 24.8 Å². The molecule has 0 saturated carbocycles. The summed E-state index contributed by atoms with van der Waals surface area (Å²) in [5, 5.41) is 7.05. The number of halogens is 1. The lowest BCUT2D eigenvalue weighted by Crippen LogP contribution is -2.39. The molecular formula is C21H19FN4O2. The van der Waals surface area contributed by atoms with E-state index >= 15 is 0 Å². The average Bonchev–Trinajstić information content (AvgIpc) is 3.11. The Morgan fingerprint density at radius 3 is 2.68 bits per heavy atom. The summed E-state index contributed by atoms with van der Waals surface area (Å²) in [7, 11) is 0. The summed E-state index contributed by atoms with van der Waals surface area (Å²) < 4.78 is 14.9. The largest absolute Gasteiger partial charge is 0.331 e. The van der Waals surface area contributed by atoms with Crippen LogP contribution in [-0.2, 0) is 13.1 Å². The molecule has 1 aliphatic rings. The Bertz CT molecular complexity index is 1040. The van der Waals surface area contributed by atoms with E-state index in [1.54, 1.807) is 21.7 Å². The molecule has 1 N–H and O–H groups in total. The molecule has 3 aromatic rings. The molecule has 0 unspecified atom stereocenters. The summed E-state index contributed by atoms with van der Waals surface area (Å²) >= 11 is 0. The van der Waals surface area contributed by atoms with Gasteiger partial charge in [0.15, 0.2) is 5.69 Å². The first-order valence-corrected chi connectivity index (χ1v) is 8.99. The van der Waals surface area contributed by atoms with Gasteiger partial charge in [-0.3, -0.25) is 14.3 Å². The molecule has 0 aliphatic carbocycles. The van der Waals surface area contributed by atoms with E-state index < -0.39 is 0 Å². The maximum absolute atomic E-state index is 13.4. The molecule has 2 aromatic carbocycles. The third-order valence-electron chi connectivity index (χ3n) is 4.67. The Balaban J connectivity index is 1.49. The summed E-state index contributed by atoms with van der Waals surface area (Å²) in [6, 6.07) is 15.1. The van der Waals surface area contributed by atoms with Crippen molar-refractivity contribution in [2.45, 2.75) is 20.0 Å². The topological polar surface area (TPSA) is 67.2 Å². The van der Waals surface area contributed by atoms with Gasteiger partial charge in [-0.2, -0.15) is 5.10 Å². The van der Waals surface area contributed by atoms with Crippen molar-refractivity contribution in [2.75, 3.05) is 11.9 Å². The number of anilines is 1. The molecule has 6 nitrogen and oxygen atoms in total. The van der Waals surface area contributed by atoms with Gasteiger partial charge >= 0.3 is 0 Å². The van der Waals surface area contributed by atoms with Crippen molar-refractivity contribution in [1.82, 2.24) is 14.7 Å². The number of nitrogens with zero attached hydrogens (tertiary/aromatic N) is 3. The van der Waals surface area contributed by atoms with Gasteiger partial charge < -0.3 is 10.2 Å². The van der Waals surface area contributed by atoms with E-state index in [1.165, 1.54) is 18.2 Å². The Labute approximate surface area is 161 Å². The van der Waals surface area contributed by atoms with E-state index in [1.807, 2.05) is 31.2 Å². The minimum absolute atomic E-state index is 0.191. The first kappa shape index (κ1) is 17.9. The first-order valence-electron chi connectivity index (χ1n) is 8.99. The molecule has 2 amide bonds. The number of carbonyl (C=O) groups is 2. The standard InChI is InChI=1S/C21H19FN4O2/c1-14-5-7-17(8-6-14)23-20(27)18-12-19-21(28)25(9-10-26(19)24-18)13-15-3-2-4-16(22)11-15/h2-8,11-12H,9-10,13H2,1H3,(H,23,27). The molecule has 28 heavy (non-hydrogen) atoms. The summed E-state index contributed by atoms with van der Waals surface area (Å²) in [5.41, 5.74) is 3.03. The molecule has 0 radical (unpaired) electrons. The second-order valence-corrected chi connectivity index (χ2v) is 6.81. The van der Waals surface area contributed by atoms with Crippen LogP contribution in [0.25, 0.3) is 0 Å². The van der Waals surface area contributed by atoms with Gasteiger partial charge in [0.05, 0.1) is 6.54 Å². The molecule has 7 heteroatoms. The molecule has 142 valence electrons. The third-order valence-corrected chi connectivity index (χ3v) is 4.67. The number of carbonyl (C=O) groups excluding carboxylic acids is 2. The quantitative estimate of drug-likeness (QED) is 0.758. The van der Waals surface area contributed by atoms with Gasteiger partial charge in [0.2, 0.25) is 0 Å². The number of hydrogen-bond donors (Lipinski definition) is 1. The zero-order chi connectivity index (χ0) is 19.7. The Kier molecular flexibility index (Phi) is 4.65. The highest BCUT2D eigenvalue weighted by Crippen LogP contribution is 2.18. The SMILES string of the molecule is Cc1ccc(NC(=O)c2cc3n(n2)CCN(Cc2cccc(F)c2)C3=O)cc1. The average molecular weight is 378 g/mol. The zero-order valence-electron chi connectivity index (χ0n) is 15.4. The molecule has 4 rings (SSSR count). The maximum Gasteiger partial charge on any atom is 0.276 e. The van der Waals surface area contributed by atoms with Crippen molar-refractivity contribution in [3.8, 4) is 0 Å². The van der Waals surface area contributed by atoms with Crippen LogP contribution in [0, 0.1) is 12.7 Å². The molecule has 1 aromatic heterocycles. The number of aromatic nitrogens is 2. The molecule has 1 aliphatic heterocycles. The highest BCUT2D eigenvalue weighted by Gasteiger charge is 2.28. The lowest BCUT2D eigenvalue weighted by molar-refractivity contribution is 0.0683. The normalized spacial score (nSPS) is 13.4. The minimum Gasteiger partial charge on any atom is -0.331 e.